The minimum atomic E-state index is -1.11. The molecule has 1 aliphatic heterocycles. The van der Waals surface area contributed by atoms with Crippen molar-refractivity contribution < 1.29 is 14.7 Å². The molecule has 37 heavy (non-hydrogen) atoms. The summed E-state index contributed by atoms with van der Waals surface area (Å²) in [6.45, 7) is 12.2. The number of thiazole rings is 1. The van der Waals surface area contributed by atoms with Crippen LogP contribution in [0.5, 0.6) is 0 Å². The van der Waals surface area contributed by atoms with Gasteiger partial charge in [0.25, 0.3) is 0 Å². The molecule has 1 saturated heterocycles. The second-order valence-electron chi connectivity index (χ2n) is 10.1. The van der Waals surface area contributed by atoms with Gasteiger partial charge in [-0.1, -0.05) is 25.2 Å². The number of amides is 2. The number of fused-ring (bicyclic) bond motifs is 2. The molecular formula is C25H32N8O3S. The molecule has 196 valence electrons. The van der Waals surface area contributed by atoms with Crippen LogP contribution in [0.1, 0.15) is 43.4 Å². The van der Waals surface area contributed by atoms with Crippen molar-refractivity contribution in [3.8, 4) is 11.3 Å². The summed E-state index contributed by atoms with van der Waals surface area (Å²) >= 11 is 1.63. The zero-order valence-electron chi connectivity index (χ0n) is 21.9. The molecule has 1 fully saturated rings. The number of carboxylic acid groups (broad SMARTS) is 1. The first-order valence-corrected chi connectivity index (χ1v) is 13.2. The van der Waals surface area contributed by atoms with Crippen LogP contribution in [0.4, 0.5) is 9.93 Å². The number of aryl methyl sites for hydroxylation is 1. The number of carbonyl (C=O) groups excluding carboxylic acids is 1. The number of H-pyrrole nitrogens is 1. The van der Waals surface area contributed by atoms with Gasteiger partial charge in [-0.3, -0.25) is 4.79 Å². The summed E-state index contributed by atoms with van der Waals surface area (Å²) in [5, 5.41) is 14.4. The molecule has 0 bridgehead atoms. The van der Waals surface area contributed by atoms with E-state index in [9.17, 15) is 9.59 Å². The first-order valence-electron chi connectivity index (χ1n) is 12.4. The molecule has 0 spiro atoms. The van der Waals surface area contributed by atoms with Crippen LogP contribution in [-0.2, 0) is 4.79 Å². The first kappa shape index (κ1) is 25.0. The molecule has 1 aliphatic rings. The van der Waals surface area contributed by atoms with Gasteiger partial charge < -0.3 is 24.8 Å². The third-order valence-corrected chi connectivity index (χ3v) is 8.28. The highest BCUT2D eigenvalue weighted by molar-refractivity contribution is 7.21. The number of piperazine rings is 1. The van der Waals surface area contributed by atoms with Crippen molar-refractivity contribution >= 4 is 44.5 Å². The number of anilines is 1. The fourth-order valence-corrected chi connectivity index (χ4v) is 6.18. The lowest BCUT2D eigenvalue weighted by Gasteiger charge is -2.40. The molecule has 5 heterocycles. The summed E-state index contributed by atoms with van der Waals surface area (Å²) in [5.41, 5.74) is 7.46. The van der Waals surface area contributed by atoms with E-state index < -0.39 is 6.09 Å². The van der Waals surface area contributed by atoms with E-state index in [0.29, 0.717) is 19.6 Å². The van der Waals surface area contributed by atoms with E-state index >= 15 is 0 Å². The number of likely N-dealkylation sites (N-methyl/N-ethyl adjacent to an activating group) is 1. The molecule has 1 atom stereocenters. The van der Waals surface area contributed by atoms with Crippen LogP contribution >= 0.6 is 11.3 Å². The Hall–Kier alpha value is -3.67. The highest BCUT2D eigenvalue weighted by atomic mass is 32.1. The van der Waals surface area contributed by atoms with Crippen LogP contribution in [0.2, 0.25) is 0 Å². The number of hydrogen-bond acceptors (Lipinski definition) is 7. The van der Waals surface area contributed by atoms with Crippen LogP contribution in [0.25, 0.3) is 27.3 Å². The van der Waals surface area contributed by atoms with Crippen LogP contribution in [-0.4, -0.2) is 90.7 Å². The van der Waals surface area contributed by atoms with Crippen molar-refractivity contribution in [1.29, 1.82) is 0 Å². The van der Waals surface area contributed by atoms with Crippen LogP contribution in [0.15, 0.2) is 12.5 Å². The predicted octanol–water partition coefficient (Wildman–Crippen LogP) is 3.72. The largest absolute Gasteiger partial charge is 0.465 e. The Morgan fingerprint density at radius 2 is 2.03 bits per heavy atom. The van der Waals surface area contributed by atoms with Gasteiger partial charge in [-0.25, -0.2) is 19.3 Å². The van der Waals surface area contributed by atoms with Gasteiger partial charge >= 0.3 is 6.09 Å². The number of pyridine rings is 1. The zero-order valence-corrected chi connectivity index (χ0v) is 22.8. The number of carbonyl (C=O) groups is 2. The Morgan fingerprint density at radius 1 is 1.27 bits per heavy atom. The summed E-state index contributed by atoms with van der Waals surface area (Å²) in [5.74, 6) is 0.0762. The normalized spacial score (nSPS) is 16.4. The summed E-state index contributed by atoms with van der Waals surface area (Å²) in [4.78, 5) is 42.8. The van der Waals surface area contributed by atoms with Gasteiger partial charge in [0.2, 0.25) is 5.91 Å². The van der Waals surface area contributed by atoms with E-state index in [4.69, 9.17) is 10.1 Å². The number of aromatic amines is 1. The van der Waals surface area contributed by atoms with Gasteiger partial charge in [0.05, 0.1) is 5.69 Å². The van der Waals surface area contributed by atoms with E-state index in [1.54, 1.807) is 22.6 Å². The van der Waals surface area contributed by atoms with E-state index in [1.165, 1.54) is 18.2 Å². The molecule has 4 aromatic heterocycles. The van der Waals surface area contributed by atoms with Crippen molar-refractivity contribution in [1.82, 2.24) is 34.4 Å². The van der Waals surface area contributed by atoms with Crippen LogP contribution < -0.4 is 4.90 Å². The highest BCUT2D eigenvalue weighted by Crippen LogP contribution is 2.41. The topological polar surface area (TPSA) is 123 Å². The standard InChI is InChI=1S/C25H32N8O3S/c1-13(2)19-20(17-10-33-22(26-12-27-33)16(5)15(17)4)28-23-21(19)29-24(37-23)32-8-7-31(9-14(32)3)18(34)11-30(6)25(35)36/h10,12-14,28H,7-9,11H2,1-6H3,(H,35,36). The third kappa shape index (κ3) is 4.28. The van der Waals surface area contributed by atoms with Crippen LogP contribution in [0, 0.1) is 13.8 Å². The summed E-state index contributed by atoms with van der Waals surface area (Å²) in [6.07, 6.45) is 2.51. The fourth-order valence-electron chi connectivity index (χ4n) is 5.07. The average molecular weight is 525 g/mol. The van der Waals surface area contributed by atoms with Gasteiger partial charge in [-0.15, -0.1) is 0 Å². The van der Waals surface area contributed by atoms with Crippen molar-refractivity contribution in [2.75, 3.05) is 38.1 Å². The van der Waals surface area contributed by atoms with E-state index in [-0.39, 0.29) is 24.4 Å². The second kappa shape index (κ2) is 9.33. The smallest absolute Gasteiger partial charge is 0.407 e. The average Bonchev–Trinajstić information content (AvgIpc) is 3.55. The Morgan fingerprint density at radius 3 is 2.70 bits per heavy atom. The fraction of sp³-hybridized carbons (Fsp3) is 0.480. The third-order valence-electron chi connectivity index (χ3n) is 7.28. The Kier molecular flexibility index (Phi) is 6.30. The maximum atomic E-state index is 12.6. The Bertz CT molecular complexity index is 1500. The number of nitrogens with one attached hydrogen (secondary N) is 1. The minimum absolute atomic E-state index is 0.0599. The van der Waals surface area contributed by atoms with Gasteiger partial charge in [0, 0.05) is 50.0 Å². The maximum Gasteiger partial charge on any atom is 0.407 e. The monoisotopic (exact) mass is 524 g/mol. The first-order chi connectivity index (χ1) is 17.6. The van der Waals surface area contributed by atoms with Crippen molar-refractivity contribution in [2.45, 2.75) is 46.6 Å². The Labute approximate surface area is 218 Å². The quantitative estimate of drug-likeness (QED) is 0.408. The number of nitrogens with zero attached hydrogens (tertiary/aromatic N) is 7. The lowest BCUT2D eigenvalue weighted by molar-refractivity contribution is -0.132. The van der Waals surface area contributed by atoms with Gasteiger partial charge in [0.15, 0.2) is 10.8 Å². The predicted molar refractivity (Wildman–Crippen MR) is 144 cm³/mol. The number of hydrogen-bond donors (Lipinski definition) is 2. The lowest BCUT2D eigenvalue weighted by Crippen LogP contribution is -2.55. The van der Waals surface area contributed by atoms with Gasteiger partial charge in [-0.2, -0.15) is 5.10 Å². The molecule has 2 N–H and O–H groups in total. The van der Waals surface area contributed by atoms with E-state index in [1.807, 2.05) is 10.7 Å². The lowest BCUT2D eigenvalue weighted by atomic mass is 9.96. The maximum absolute atomic E-state index is 12.6. The number of rotatable bonds is 5. The second-order valence-corrected chi connectivity index (χ2v) is 11.1. The molecule has 12 heteroatoms. The molecule has 0 aromatic carbocycles. The summed E-state index contributed by atoms with van der Waals surface area (Å²) in [7, 11) is 1.41. The van der Waals surface area contributed by atoms with Crippen molar-refractivity contribution in [3.63, 3.8) is 0 Å². The van der Waals surface area contributed by atoms with Crippen LogP contribution in [0.3, 0.4) is 0 Å². The van der Waals surface area contributed by atoms with Gasteiger partial charge in [0.1, 0.15) is 23.2 Å². The highest BCUT2D eigenvalue weighted by Gasteiger charge is 2.31. The zero-order chi connectivity index (χ0) is 26.6. The molecule has 5 rings (SSSR count). The van der Waals surface area contributed by atoms with Crippen molar-refractivity contribution in [2.24, 2.45) is 0 Å². The SMILES string of the molecule is Cc1c(-c2[nH]c3sc(N4CCN(C(=O)CN(C)C(=O)O)CC4C)nc3c2C(C)C)cn2ncnc2c1C. The molecular weight excluding hydrogens is 492 g/mol. The summed E-state index contributed by atoms with van der Waals surface area (Å²) < 4.78 is 1.83. The van der Waals surface area contributed by atoms with E-state index in [2.05, 4.69) is 54.6 Å². The molecule has 11 nitrogen and oxygen atoms in total. The van der Waals surface area contributed by atoms with Gasteiger partial charge in [-0.05, 0) is 37.8 Å². The molecule has 0 aliphatic carbocycles. The summed E-state index contributed by atoms with van der Waals surface area (Å²) in [6, 6.07) is 0.0599. The molecule has 2 amide bonds. The molecule has 0 radical (unpaired) electrons. The van der Waals surface area contributed by atoms with Crippen molar-refractivity contribution in [3.05, 3.63) is 29.2 Å². The Balaban J connectivity index is 1.44. The minimum Gasteiger partial charge on any atom is -0.465 e. The molecule has 0 saturated carbocycles. The number of aromatic nitrogens is 5. The van der Waals surface area contributed by atoms with E-state index in [0.717, 1.165) is 42.8 Å². The molecule has 1 unspecified atom stereocenters. The molecule has 4 aromatic rings.